The monoisotopic (exact) mass is 609 g/mol. The second-order valence-electron chi connectivity index (χ2n) is 8.93. The first-order chi connectivity index (χ1) is 16.0. The summed E-state index contributed by atoms with van der Waals surface area (Å²) in [6, 6.07) is 12.1. The number of carbonyl (C=O) groups is 2. The predicted octanol–water partition coefficient (Wildman–Crippen LogP) is 5.65. The van der Waals surface area contributed by atoms with Gasteiger partial charge >= 0.3 is 11.9 Å². The van der Waals surface area contributed by atoms with Crippen LogP contribution in [-0.2, 0) is 22.8 Å². The number of carboxylic acids is 2. The Kier molecular flexibility index (Phi) is 8.45. The molecular formula is C23H25Br2N3O5Si. The van der Waals surface area contributed by atoms with Gasteiger partial charge < -0.3 is 14.9 Å². The van der Waals surface area contributed by atoms with Crippen molar-refractivity contribution in [3.63, 3.8) is 0 Å². The summed E-state index contributed by atoms with van der Waals surface area (Å²) in [6.07, 6.45) is 0. The Morgan fingerprint density at radius 1 is 1.06 bits per heavy atom. The van der Waals surface area contributed by atoms with Crippen LogP contribution in [0.3, 0.4) is 0 Å². The van der Waals surface area contributed by atoms with E-state index in [0.29, 0.717) is 18.5 Å². The number of halogens is 2. The van der Waals surface area contributed by atoms with Crippen LogP contribution in [0.5, 0.6) is 0 Å². The van der Waals surface area contributed by atoms with Gasteiger partial charge in [0.1, 0.15) is 6.73 Å². The number of rotatable bonds is 7. The van der Waals surface area contributed by atoms with E-state index in [-0.39, 0.29) is 18.1 Å². The van der Waals surface area contributed by atoms with Crippen molar-refractivity contribution in [3.8, 4) is 0 Å². The summed E-state index contributed by atoms with van der Waals surface area (Å²) in [5, 5.41) is 22.8. The van der Waals surface area contributed by atoms with Gasteiger partial charge in [-0.25, -0.2) is 14.3 Å². The molecule has 0 unspecified atom stereocenters. The third kappa shape index (κ3) is 6.62. The minimum atomic E-state index is -1.12. The Morgan fingerprint density at radius 3 is 2.38 bits per heavy atom. The zero-order chi connectivity index (χ0) is 25.0. The molecule has 0 radical (unpaired) electrons. The fourth-order valence-electron chi connectivity index (χ4n) is 3.28. The number of carboxylic acid groups (broad SMARTS) is 2. The summed E-state index contributed by atoms with van der Waals surface area (Å²) < 4.78 is 8.97. The van der Waals surface area contributed by atoms with Crippen molar-refractivity contribution in [1.29, 1.82) is 0 Å². The maximum Gasteiger partial charge on any atom is 0.357 e. The lowest BCUT2D eigenvalue weighted by atomic mass is 10.1. The quantitative estimate of drug-likeness (QED) is 0.264. The number of hydrogen-bond acceptors (Lipinski definition) is 5. The van der Waals surface area contributed by atoms with Gasteiger partial charge in [0.25, 0.3) is 0 Å². The van der Waals surface area contributed by atoms with Crippen molar-refractivity contribution in [3.05, 3.63) is 62.2 Å². The first-order valence-corrected chi connectivity index (χ1v) is 15.8. The molecule has 34 heavy (non-hydrogen) atoms. The molecule has 2 aromatic carbocycles. The molecule has 11 heteroatoms. The molecule has 3 aromatic rings. The van der Waals surface area contributed by atoms with E-state index in [2.05, 4.69) is 61.6 Å². The van der Waals surface area contributed by atoms with Gasteiger partial charge in [-0.3, -0.25) is 4.99 Å². The molecule has 0 saturated heterocycles. The molecule has 0 amide bonds. The molecule has 2 N–H and O–H groups in total. The van der Waals surface area contributed by atoms with Gasteiger partial charge in [-0.2, -0.15) is 5.10 Å². The molecule has 1 aliphatic heterocycles. The predicted molar refractivity (Wildman–Crippen MR) is 141 cm³/mol. The summed E-state index contributed by atoms with van der Waals surface area (Å²) in [5.41, 5.74) is 2.68. The Morgan fingerprint density at radius 2 is 1.74 bits per heavy atom. The number of nitrogens with zero attached hydrogens (tertiary/aromatic N) is 3. The second-order valence-corrected chi connectivity index (χ2v) is 16.4. The van der Waals surface area contributed by atoms with Crippen molar-refractivity contribution >= 4 is 68.5 Å². The average Bonchev–Trinajstić information content (AvgIpc) is 3.32. The maximum atomic E-state index is 11.3. The lowest BCUT2D eigenvalue weighted by Gasteiger charge is -2.15. The average molecular weight is 611 g/mol. The van der Waals surface area contributed by atoms with E-state index < -0.39 is 20.0 Å². The van der Waals surface area contributed by atoms with Gasteiger partial charge in [-0.05, 0) is 41.9 Å². The van der Waals surface area contributed by atoms with Crippen LogP contribution in [0.4, 0.5) is 0 Å². The Labute approximate surface area is 214 Å². The molecule has 0 fully saturated rings. The third-order valence-corrected chi connectivity index (χ3v) is 7.75. The number of aromatic carboxylic acids is 1. The largest absolute Gasteiger partial charge is 0.477 e. The summed E-state index contributed by atoms with van der Waals surface area (Å²) in [6.45, 7) is 8.30. The minimum absolute atomic E-state index is 0.0556. The third-order valence-electron chi connectivity index (χ3n) is 5.06. The van der Waals surface area contributed by atoms with E-state index in [1.807, 2.05) is 24.3 Å². The fraction of sp³-hybridized carbons (Fsp3) is 0.304. The van der Waals surface area contributed by atoms with Gasteiger partial charge in [0, 0.05) is 34.6 Å². The fourth-order valence-corrected chi connectivity index (χ4v) is 4.76. The van der Waals surface area contributed by atoms with Gasteiger partial charge in [0.15, 0.2) is 11.4 Å². The minimum Gasteiger partial charge on any atom is -0.477 e. The molecular weight excluding hydrogens is 586 g/mol. The number of aliphatic carboxylic acids is 1. The highest BCUT2D eigenvalue weighted by Gasteiger charge is 2.21. The van der Waals surface area contributed by atoms with Gasteiger partial charge in [0.2, 0.25) is 0 Å². The maximum absolute atomic E-state index is 11.3. The number of benzene rings is 2. The number of fused-ring (bicyclic) bond motifs is 2. The number of aliphatic imine (C=N–C) groups is 1. The number of ether oxygens (including phenoxy) is 1. The standard InChI is InChI=1S/C14H19BrN2O3Si.C9H6BrNO2/c1-21(2,3)7-6-20-9-17-12-5-4-10(15)8-11(12)13(16-17)14(18)19;10-6-2-1-5-4-11-8(9(12)13)7(5)3-6/h4-5,8H,6-7,9H2,1-3H3,(H,18,19);1-3H,4H2,(H,12,13). The first-order valence-electron chi connectivity index (χ1n) is 10.5. The van der Waals surface area contributed by atoms with Crippen LogP contribution in [-0.4, -0.2) is 52.3 Å². The van der Waals surface area contributed by atoms with Crippen LogP contribution in [0.2, 0.25) is 25.7 Å². The van der Waals surface area contributed by atoms with E-state index in [1.165, 1.54) is 0 Å². The van der Waals surface area contributed by atoms with Crippen molar-refractivity contribution in [2.45, 2.75) is 39.0 Å². The molecule has 0 spiro atoms. The second kappa shape index (κ2) is 10.9. The molecule has 0 bridgehead atoms. The number of hydrogen-bond donors (Lipinski definition) is 2. The van der Waals surface area contributed by atoms with Crippen LogP contribution in [0, 0.1) is 0 Å². The molecule has 180 valence electrons. The van der Waals surface area contributed by atoms with E-state index in [1.54, 1.807) is 16.8 Å². The van der Waals surface area contributed by atoms with Crippen molar-refractivity contribution in [1.82, 2.24) is 9.78 Å². The highest BCUT2D eigenvalue weighted by molar-refractivity contribution is 9.10. The van der Waals surface area contributed by atoms with E-state index >= 15 is 0 Å². The van der Waals surface area contributed by atoms with Crippen molar-refractivity contribution in [2.24, 2.45) is 4.99 Å². The van der Waals surface area contributed by atoms with Crippen molar-refractivity contribution in [2.75, 3.05) is 6.61 Å². The summed E-state index contributed by atoms with van der Waals surface area (Å²) in [4.78, 5) is 25.9. The molecule has 0 atom stereocenters. The molecule has 1 aromatic heterocycles. The molecule has 2 heterocycles. The van der Waals surface area contributed by atoms with Crippen LogP contribution in [0.25, 0.3) is 10.9 Å². The Bertz CT molecular complexity index is 1270. The summed E-state index contributed by atoms with van der Waals surface area (Å²) in [5.74, 6) is -1.99. The van der Waals surface area contributed by atoms with E-state index in [9.17, 15) is 14.7 Å². The zero-order valence-electron chi connectivity index (χ0n) is 19.0. The van der Waals surface area contributed by atoms with E-state index in [0.717, 1.165) is 31.6 Å². The lowest BCUT2D eigenvalue weighted by Crippen LogP contribution is -2.22. The SMILES string of the molecule is C[Si](C)(C)CCOCn1nc(C(=O)O)c2cc(Br)ccc21.O=C(O)C1=NCc2ccc(Br)cc21. The van der Waals surface area contributed by atoms with Crippen LogP contribution in [0.1, 0.15) is 21.6 Å². The van der Waals surface area contributed by atoms with Gasteiger partial charge in [-0.1, -0.05) is 57.6 Å². The first kappa shape index (κ1) is 26.3. The van der Waals surface area contributed by atoms with Crippen LogP contribution < -0.4 is 0 Å². The van der Waals surface area contributed by atoms with E-state index in [4.69, 9.17) is 9.84 Å². The molecule has 0 saturated carbocycles. The van der Waals surface area contributed by atoms with Gasteiger partial charge in [-0.15, -0.1) is 0 Å². The van der Waals surface area contributed by atoms with Gasteiger partial charge in [0.05, 0.1) is 12.1 Å². The highest BCUT2D eigenvalue weighted by Crippen LogP contribution is 2.24. The smallest absolute Gasteiger partial charge is 0.357 e. The molecule has 1 aliphatic rings. The molecule has 8 nitrogen and oxygen atoms in total. The lowest BCUT2D eigenvalue weighted by molar-refractivity contribution is -0.129. The topological polar surface area (TPSA) is 114 Å². The summed E-state index contributed by atoms with van der Waals surface area (Å²) in [7, 11) is -1.12. The molecule has 0 aliphatic carbocycles. The van der Waals surface area contributed by atoms with Crippen LogP contribution in [0.15, 0.2) is 50.3 Å². The Balaban J connectivity index is 0.000000212. The zero-order valence-corrected chi connectivity index (χ0v) is 23.2. The summed E-state index contributed by atoms with van der Waals surface area (Å²) >= 11 is 6.65. The number of aromatic nitrogens is 2. The van der Waals surface area contributed by atoms with Crippen LogP contribution >= 0.6 is 31.9 Å². The molecule has 4 rings (SSSR count). The normalized spacial score (nSPS) is 12.7. The highest BCUT2D eigenvalue weighted by atomic mass is 79.9. The Hall–Kier alpha value is -2.34. The van der Waals surface area contributed by atoms with Crippen molar-refractivity contribution < 1.29 is 24.5 Å².